The lowest BCUT2D eigenvalue weighted by Gasteiger charge is -2.22. The zero-order valence-electron chi connectivity index (χ0n) is 10.7. The number of hydrogen-bond acceptors (Lipinski definition) is 5. The maximum Gasteiger partial charge on any atom is 0.383 e. The number of unbranched alkanes of at least 4 members (excludes halogenated alkanes) is 3. The Bertz CT molecular complexity index is 270. The van der Waals surface area contributed by atoms with E-state index in [2.05, 4.69) is 12.0 Å². The average Bonchev–Trinajstić information content (AvgIpc) is 2.68. The fraction of sp³-hybridized carbons (Fsp3) is 0.909. The van der Waals surface area contributed by atoms with Crippen LogP contribution in [0.3, 0.4) is 0 Å². The Kier molecular flexibility index (Phi) is 5.72. The van der Waals surface area contributed by atoms with E-state index in [-0.39, 0.29) is 4.92 Å². The largest absolute Gasteiger partial charge is 0.383 e. The van der Waals surface area contributed by atoms with Crippen molar-refractivity contribution in [3.63, 3.8) is 0 Å². The normalized spacial score (nSPS) is 19.1. The highest BCUT2D eigenvalue weighted by Crippen LogP contribution is 2.15. The molecule has 0 aromatic carbocycles. The quantitative estimate of drug-likeness (QED) is 0.371. The summed E-state index contributed by atoms with van der Waals surface area (Å²) < 4.78 is 0. The number of hydrogen-bond donors (Lipinski definition) is 0. The van der Waals surface area contributed by atoms with Crippen LogP contribution in [0.15, 0.2) is 5.10 Å². The first kappa shape index (κ1) is 13.7. The molecule has 1 heterocycles. The Morgan fingerprint density at radius 1 is 1.24 bits per heavy atom. The molecule has 0 aliphatic carbocycles. The van der Waals surface area contributed by atoms with E-state index in [1.54, 1.807) is 16.2 Å². The summed E-state index contributed by atoms with van der Waals surface area (Å²) in [4.78, 5) is 12.5. The van der Waals surface area contributed by atoms with Gasteiger partial charge in [-0.05, 0) is 12.8 Å². The van der Waals surface area contributed by atoms with Crippen molar-refractivity contribution in [2.45, 2.75) is 52.2 Å². The predicted octanol–water partition coefficient (Wildman–Crippen LogP) is 2.10. The molecule has 6 heteroatoms. The van der Waals surface area contributed by atoms with Crippen LogP contribution >= 0.6 is 0 Å². The van der Waals surface area contributed by atoms with Crippen LogP contribution in [0.2, 0.25) is 0 Å². The molecule has 1 unspecified atom stereocenters. The van der Waals surface area contributed by atoms with Gasteiger partial charge in [0.25, 0.3) is 0 Å². The molecule has 0 bridgehead atoms. The highest BCUT2D eigenvalue weighted by atomic mass is 16.6. The van der Waals surface area contributed by atoms with Gasteiger partial charge in [-0.2, -0.15) is 5.10 Å². The van der Waals surface area contributed by atoms with Crippen molar-refractivity contribution in [2.75, 3.05) is 13.1 Å². The monoisotopic (exact) mass is 242 g/mol. The van der Waals surface area contributed by atoms with Gasteiger partial charge < -0.3 is 0 Å². The second-order valence-electron chi connectivity index (χ2n) is 4.32. The smallest absolute Gasteiger partial charge is 0.279 e. The van der Waals surface area contributed by atoms with Gasteiger partial charge in [-0.1, -0.05) is 33.1 Å². The maximum atomic E-state index is 11.0. The molecule has 98 valence electrons. The van der Waals surface area contributed by atoms with E-state index in [0.29, 0.717) is 13.1 Å². The van der Waals surface area contributed by atoms with Gasteiger partial charge in [0, 0.05) is 13.1 Å². The first-order valence-electron chi connectivity index (χ1n) is 6.40. The van der Waals surface area contributed by atoms with Crippen LogP contribution in [0.5, 0.6) is 0 Å². The minimum absolute atomic E-state index is 0.261. The number of rotatable bonds is 8. The molecule has 0 aromatic rings. The van der Waals surface area contributed by atoms with E-state index in [4.69, 9.17) is 0 Å². The van der Waals surface area contributed by atoms with E-state index in [1.807, 2.05) is 6.92 Å². The van der Waals surface area contributed by atoms with Crippen LogP contribution in [0, 0.1) is 10.1 Å². The molecule has 0 aromatic heterocycles. The summed E-state index contributed by atoms with van der Waals surface area (Å²) in [6.07, 6.45) is 6.12. The minimum Gasteiger partial charge on any atom is -0.279 e. The summed E-state index contributed by atoms with van der Waals surface area (Å²) in [6.45, 7) is 5.51. The Morgan fingerprint density at radius 3 is 2.59 bits per heavy atom. The Balaban J connectivity index is 2.43. The number of nitrogens with zero attached hydrogens (tertiary/aromatic N) is 4. The van der Waals surface area contributed by atoms with Gasteiger partial charge in [-0.15, -0.1) is 0 Å². The Morgan fingerprint density at radius 2 is 2.00 bits per heavy atom. The second-order valence-corrected chi connectivity index (χ2v) is 4.32. The molecule has 6 nitrogen and oxygen atoms in total. The summed E-state index contributed by atoms with van der Waals surface area (Å²) in [5.41, 5.74) is 0. The molecule has 0 spiro atoms. The average molecular weight is 242 g/mol. The van der Waals surface area contributed by atoms with Crippen LogP contribution in [0.1, 0.15) is 46.0 Å². The molecular weight excluding hydrogens is 220 g/mol. The molecule has 0 saturated carbocycles. The van der Waals surface area contributed by atoms with Crippen molar-refractivity contribution in [3.05, 3.63) is 10.1 Å². The minimum atomic E-state index is -0.795. The molecule has 0 fully saturated rings. The van der Waals surface area contributed by atoms with Crippen LogP contribution < -0.4 is 0 Å². The number of hydrazone groups is 1. The van der Waals surface area contributed by atoms with Crippen LogP contribution in [-0.2, 0) is 0 Å². The van der Waals surface area contributed by atoms with Crippen molar-refractivity contribution in [1.29, 1.82) is 0 Å². The zero-order chi connectivity index (χ0) is 12.7. The van der Waals surface area contributed by atoms with Gasteiger partial charge in [0.05, 0.1) is 4.92 Å². The van der Waals surface area contributed by atoms with Gasteiger partial charge in [0.2, 0.25) is 0 Å². The molecule has 1 rings (SSSR count). The zero-order valence-corrected chi connectivity index (χ0v) is 10.7. The third-order valence-electron chi connectivity index (χ3n) is 2.82. The van der Waals surface area contributed by atoms with E-state index in [9.17, 15) is 10.1 Å². The molecule has 0 radical (unpaired) electrons. The highest BCUT2D eigenvalue weighted by Gasteiger charge is 2.36. The molecule has 0 amide bonds. The molecule has 0 saturated heterocycles. The van der Waals surface area contributed by atoms with Gasteiger partial charge in [0.15, 0.2) is 0 Å². The lowest BCUT2D eigenvalue weighted by Crippen LogP contribution is -2.46. The van der Waals surface area contributed by atoms with Crippen molar-refractivity contribution in [1.82, 2.24) is 9.91 Å². The third kappa shape index (κ3) is 3.87. The van der Waals surface area contributed by atoms with Crippen molar-refractivity contribution < 1.29 is 4.92 Å². The van der Waals surface area contributed by atoms with Crippen LogP contribution in [-0.4, -0.2) is 40.5 Å². The fourth-order valence-corrected chi connectivity index (χ4v) is 1.96. The van der Waals surface area contributed by atoms with Gasteiger partial charge in [0.1, 0.15) is 6.34 Å². The Hall–Kier alpha value is -1.33. The van der Waals surface area contributed by atoms with E-state index >= 15 is 0 Å². The third-order valence-corrected chi connectivity index (χ3v) is 2.82. The molecular formula is C11H22N4O2. The second kappa shape index (κ2) is 7.09. The summed E-state index contributed by atoms with van der Waals surface area (Å²) in [5, 5.41) is 16.7. The summed E-state index contributed by atoms with van der Waals surface area (Å²) in [6, 6.07) is 0. The SMILES string of the molecule is CCCCCCN1N=CN(CCC)C1[N+](=O)[O-]. The lowest BCUT2D eigenvalue weighted by atomic mass is 10.2. The predicted molar refractivity (Wildman–Crippen MR) is 67.1 cm³/mol. The van der Waals surface area contributed by atoms with Gasteiger partial charge in [-0.3, -0.25) is 15.0 Å². The molecule has 0 N–H and O–H groups in total. The maximum absolute atomic E-state index is 11.0. The standard InChI is InChI=1S/C11H22N4O2/c1-3-5-6-7-9-14-11(15(16)17)13(8-4-2)10-12-14/h10-11H,3-9H2,1-2H3. The van der Waals surface area contributed by atoms with E-state index in [1.165, 1.54) is 12.8 Å². The molecule has 1 atom stereocenters. The first-order valence-corrected chi connectivity index (χ1v) is 6.40. The van der Waals surface area contributed by atoms with Gasteiger partial charge in [-0.25, -0.2) is 5.01 Å². The van der Waals surface area contributed by atoms with Crippen molar-refractivity contribution >= 4 is 6.34 Å². The summed E-state index contributed by atoms with van der Waals surface area (Å²) in [7, 11) is 0. The highest BCUT2D eigenvalue weighted by molar-refractivity contribution is 5.56. The van der Waals surface area contributed by atoms with Crippen LogP contribution in [0.4, 0.5) is 0 Å². The number of nitro groups is 1. The summed E-state index contributed by atoms with van der Waals surface area (Å²) in [5.74, 6) is 0. The van der Waals surface area contributed by atoms with E-state index < -0.39 is 6.29 Å². The Labute approximate surface area is 102 Å². The molecule has 1 aliphatic rings. The first-order chi connectivity index (χ1) is 8.20. The van der Waals surface area contributed by atoms with Gasteiger partial charge >= 0.3 is 6.29 Å². The fourth-order valence-electron chi connectivity index (χ4n) is 1.96. The van der Waals surface area contributed by atoms with Crippen LogP contribution in [0.25, 0.3) is 0 Å². The molecule has 1 aliphatic heterocycles. The molecule has 17 heavy (non-hydrogen) atoms. The van der Waals surface area contributed by atoms with Crippen molar-refractivity contribution in [3.8, 4) is 0 Å². The lowest BCUT2D eigenvalue weighted by molar-refractivity contribution is -0.570. The van der Waals surface area contributed by atoms with Crippen molar-refractivity contribution in [2.24, 2.45) is 5.10 Å². The topological polar surface area (TPSA) is 62.0 Å². The van der Waals surface area contributed by atoms with E-state index in [0.717, 1.165) is 19.3 Å². The summed E-state index contributed by atoms with van der Waals surface area (Å²) >= 11 is 0.